The highest BCUT2D eigenvalue weighted by molar-refractivity contribution is 5.99. The summed E-state index contributed by atoms with van der Waals surface area (Å²) in [7, 11) is 1.73. The zero-order chi connectivity index (χ0) is 27.9. The minimum Gasteiger partial charge on any atom is -0.444 e. The highest BCUT2D eigenvalue weighted by atomic mass is 19.1. The molecule has 0 unspecified atom stereocenters. The Hall–Kier alpha value is -3.42. The Kier molecular flexibility index (Phi) is 7.55. The maximum Gasteiger partial charge on any atom is 0.410 e. The van der Waals surface area contributed by atoms with Gasteiger partial charge in [0, 0.05) is 43.5 Å². The fraction of sp³-hybridized carbons (Fsp3) is 0.500. The monoisotopic (exact) mass is 522 g/mol. The van der Waals surface area contributed by atoms with Gasteiger partial charge >= 0.3 is 6.09 Å². The van der Waals surface area contributed by atoms with Crippen LogP contribution in [0.2, 0.25) is 0 Å². The topological polar surface area (TPSA) is 67.7 Å². The van der Waals surface area contributed by atoms with Gasteiger partial charge in [-0.1, -0.05) is 0 Å². The van der Waals surface area contributed by atoms with Gasteiger partial charge < -0.3 is 19.1 Å². The van der Waals surface area contributed by atoms with Crippen molar-refractivity contribution in [2.24, 2.45) is 5.92 Å². The van der Waals surface area contributed by atoms with Gasteiger partial charge in [-0.3, -0.25) is 9.78 Å². The van der Waals surface area contributed by atoms with Crippen LogP contribution in [0.1, 0.15) is 69.4 Å². The van der Waals surface area contributed by atoms with Crippen molar-refractivity contribution in [2.45, 2.75) is 79.0 Å². The van der Waals surface area contributed by atoms with Crippen LogP contribution in [0.25, 0.3) is 16.6 Å². The lowest BCUT2D eigenvalue weighted by molar-refractivity contribution is 0.0233. The van der Waals surface area contributed by atoms with Crippen LogP contribution in [0.3, 0.4) is 0 Å². The van der Waals surface area contributed by atoms with Gasteiger partial charge in [0.05, 0.1) is 23.0 Å². The number of aromatic nitrogens is 2. The fourth-order valence-corrected chi connectivity index (χ4v) is 5.29. The van der Waals surface area contributed by atoms with Crippen LogP contribution < -0.4 is 0 Å². The first-order valence-corrected chi connectivity index (χ1v) is 13.3. The zero-order valence-electron chi connectivity index (χ0n) is 23.7. The lowest BCUT2D eigenvalue weighted by Crippen LogP contribution is -2.38. The Balaban J connectivity index is 1.72. The molecule has 2 atom stereocenters. The Morgan fingerprint density at radius 3 is 2.61 bits per heavy atom. The van der Waals surface area contributed by atoms with Crippen molar-refractivity contribution < 1.29 is 18.7 Å². The molecule has 0 radical (unpaired) electrons. The molecule has 0 aliphatic carbocycles. The van der Waals surface area contributed by atoms with E-state index in [2.05, 4.69) is 11.9 Å². The molecule has 8 heteroatoms. The third kappa shape index (κ3) is 5.54. The second-order valence-electron chi connectivity index (χ2n) is 11.8. The number of amides is 2. The molecule has 0 spiro atoms. The number of likely N-dealkylation sites (tertiary alicyclic amines) is 1. The van der Waals surface area contributed by atoms with Gasteiger partial charge in [0.25, 0.3) is 5.91 Å². The van der Waals surface area contributed by atoms with Crippen LogP contribution >= 0.6 is 0 Å². The van der Waals surface area contributed by atoms with Crippen molar-refractivity contribution in [3.63, 3.8) is 0 Å². The number of nitrogens with zero attached hydrogens (tertiary/aromatic N) is 4. The first-order chi connectivity index (χ1) is 17.8. The summed E-state index contributed by atoms with van der Waals surface area (Å²) in [6.45, 7) is 14.2. The maximum absolute atomic E-state index is 14.3. The number of carbonyl (C=O) groups excluding carboxylic acids is 2. The first kappa shape index (κ1) is 27.6. The van der Waals surface area contributed by atoms with Crippen LogP contribution in [-0.2, 0) is 11.2 Å². The largest absolute Gasteiger partial charge is 0.444 e. The van der Waals surface area contributed by atoms with E-state index in [4.69, 9.17) is 4.74 Å². The number of halogens is 1. The summed E-state index contributed by atoms with van der Waals surface area (Å²) >= 11 is 0. The van der Waals surface area contributed by atoms with E-state index in [1.54, 1.807) is 24.2 Å². The number of hydrogen-bond donors (Lipinski definition) is 0. The number of pyridine rings is 1. The average Bonchev–Trinajstić information content (AvgIpc) is 3.38. The van der Waals surface area contributed by atoms with E-state index >= 15 is 0 Å². The second-order valence-corrected chi connectivity index (χ2v) is 11.8. The quantitative estimate of drug-likeness (QED) is 0.404. The molecule has 1 aliphatic rings. The van der Waals surface area contributed by atoms with Crippen LogP contribution in [0, 0.1) is 18.7 Å². The summed E-state index contributed by atoms with van der Waals surface area (Å²) in [6, 6.07) is 4.40. The molecule has 3 heterocycles. The third-order valence-electron chi connectivity index (χ3n) is 7.32. The molecule has 1 fully saturated rings. The number of hydrogen-bond acceptors (Lipinski definition) is 4. The van der Waals surface area contributed by atoms with Gasteiger partial charge in [-0.15, -0.1) is 0 Å². The number of carbonyl (C=O) groups is 2. The average molecular weight is 523 g/mol. The van der Waals surface area contributed by atoms with Crippen molar-refractivity contribution >= 4 is 22.9 Å². The van der Waals surface area contributed by atoms with Crippen molar-refractivity contribution in [2.75, 3.05) is 13.6 Å². The van der Waals surface area contributed by atoms with E-state index in [0.717, 1.165) is 34.9 Å². The smallest absolute Gasteiger partial charge is 0.410 e. The van der Waals surface area contributed by atoms with Crippen molar-refractivity contribution in [3.05, 3.63) is 59.3 Å². The molecule has 2 aromatic heterocycles. The molecule has 0 bridgehead atoms. The molecule has 3 aromatic rings. The number of aryl methyl sites for hydroxylation is 1. The second kappa shape index (κ2) is 10.4. The Morgan fingerprint density at radius 1 is 1.24 bits per heavy atom. The minimum absolute atomic E-state index is 0.0308. The van der Waals surface area contributed by atoms with Gasteiger partial charge in [0.1, 0.15) is 11.4 Å². The van der Waals surface area contributed by atoms with Gasteiger partial charge in [0.15, 0.2) is 0 Å². The predicted octanol–water partition coefficient (Wildman–Crippen LogP) is 6.14. The van der Waals surface area contributed by atoms with Crippen LogP contribution in [0.15, 0.2) is 36.8 Å². The molecule has 0 saturated carbocycles. The molecule has 38 heavy (non-hydrogen) atoms. The van der Waals surface area contributed by atoms with Gasteiger partial charge in [-0.25, -0.2) is 9.18 Å². The lowest BCUT2D eigenvalue weighted by Gasteiger charge is -2.27. The summed E-state index contributed by atoms with van der Waals surface area (Å²) in [6.07, 6.45) is 7.02. The molecule has 1 aromatic carbocycles. The Labute approximate surface area is 224 Å². The normalized spacial score (nSPS) is 17.9. The highest BCUT2D eigenvalue weighted by Crippen LogP contribution is 2.34. The van der Waals surface area contributed by atoms with Crippen molar-refractivity contribution in [3.8, 4) is 5.69 Å². The molecule has 0 N–H and O–H groups in total. The molecule has 2 amide bonds. The summed E-state index contributed by atoms with van der Waals surface area (Å²) in [5.74, 6) is -0.441. The maximum atomic E-state index is 14.3. The lowest BCUT2D eigenvalue weighted by atomic mass is 9.96. The van der Waals surface area contributed by atoms with Crippen LogP contribution in [-0.4, -0.2) is 62.6 Å². The Morgan fingerprint density at radius 2 is 1.95 bits per heavy atom. The van der Waals surface area contributed by atoms with Crippen LogP contribution in [0.5, 0.6) is 0 Å². The number of benzene rings is 1. The van der Waals surface area contributed by atoms with Gasteiger partial charge in [-0.2, -0.15) is 0 Å². The molecular formula is C30H39FN4O3. The van der Waals surface area contributed by atoms with E-state index in [9.17, 15) is 14.0 Å². The fourth-order valence-electron chi connectivity index (χ4n) is 5.29. The number of rotatable bonds is 5. The van der Waals surface area contributed by atoms with E-state index < -0.39 is 11.4 Å². The number of fused-ring (bicyclic) bond motifs is 1. The predicted molar refractivity (Wildman–Crippen MR) is 147 cm³/mol. The summed E-state index contributed by atoms with van der Waals surface area (Å²) in [5, 5.41) is 1.07. The van der Waals surface area contributed by atoms with E-state index in [0.29, 0.717) is 17.8 Å². The van der Waals surface area contributed by atoms with E-state index in [1.165, 1.54) is 12.1 Å². The van der Waals surface area contributed by atoms with E-state index in [-0.39, 0.29) is 30.0 Å². The van der Waals surface area contributed by atoms with Crippen molar-refractivity contribution in [1.82, 2.24) is 19.4 Å². The summed E-state index contributed by atoms with van der Waals surface area (Å²) < 4.78 is 21.9. The Bertz CT molecular complexity index is 1360. The van der Waals surface area contributed by atoms with Gasteiger partial charge in [0.2, 0.25) is 0 Å². The molecule has 1 aliphatic heterocycles. The molecule has 204 valence electrons. The first-order valence-electron chi connectivity index (χ1n) is 13.3. The standard InChI is InChI=1S/C30H39FN4O3/c1-18(2)33(8)28(36)24-13-23(31)9-10-25(24)35-17-22(27-19(3)14-32-15-26(27)35)12-21-11-20(4)34(16-21)29(37)38-30(5,6)7/h9-10,13-15,17-18,20-21H,11-12,16H2,1-8H3/t20-,21+/m1/s1. The molecule has 7 nitrogen and oxygen atoms in total. The minimum atomic E-state index is -0.541. The van der Waals surface area contributed by atoms with E-state index in [1.807, 2.05) is 63.4 Å². The summed E-state index contributed by atoms with van der Waals surface area (Å²) in [5.41, 5.74) is 3.38. The molecule has 1 saturated heterocycles. The third-order valence-corrected chi connectivity index (χ3v) is 7.32. The summed E-state index contributed by atoms with van der Waals surface area (Å²) in [4.78, 5) is 34.0. The SMILES string of the molecule is Cc1cncc2c1c(C[C@@H]1C[C@@H](C)N(C(=O)OC(C)(C)C)C1)cn2-c1ccc(F)cc1C(=O)N(C)C(C)C. The molecular weight excluding hydrogens is 483 g/mol. The molecule has 4 rings (SSSR count). The van der Waals surface area contributed by atoms with Crippen molar-refractivity contribution in [1.29, 1.82) is 0 Å². The zero-order valence-corrected chi connectivity index (χ0v) is 23.7. The van der Waals surface area contributed by atoms with Gasteiger partial charge in [-0.05, 0) is 96.6 Å². The van der Waals surface area contributed by atoms with Crippen LogP contribution in [0.4, 0.5) is 9.18 Å². The number of ether oxygens (including phenoxy) is 1. The highest BCUT2D eigenvalue weighted by Gasteiger charge is 2.35.